The Morgan fingerprint density at radius 2 is 2.25 bits per heavy atom. The van der Waals surface area contributed by atoms with Crippen LogP contribution >= 0.6 is 23.4 Å². The van der Waals surface area contributed by atoms with Crippen LogP contribution in [0.2, 0.25) is 5.02 Å². The molecule has 5 heteroatoms. The molecule has 3 nitrogen and oxygen atoms in total. The van der Waals surface area contributed by atoms with E-state index in [0.29, 0.717) is 16.3 Å². The number of benzene rings is 1. The van der Waals surface area contributed by atoms with Crippen molar-refractivity contribution in [2.24, 2.45) is 0 Å². The van der Waals surface area contributed by atoms with E-state index < -0.39 is 5.97 Å². The van der Waals surface area contributed by atoms with Crippen molar-refractivity contribution in [3.8, 4) is 0 Å². The van der Waals surface area contributed by atoms with Crippen molar-refractivity contribution in [3.05, 3.63) is 22.7 Å². The zero-order valence-corrected chi connectivity index (χ0v) is 10.8. The fourth-order valence-corrected chi connectivity index (χ4v) is 2.52. The molecule has 0 aliphatic heterocycles. The van der Waals surface area contributed by atoms with E-state index in [1.807, 2.05) is 0 Å². The number of nitrogen functional groups attached to an aromatic ring is 1. The van der Waals surface area contributed by atoms with Gasteiger partial charge in [-0.2, -0.15) is 0 Å². The molecule has 0 saturated carbocycles. The van der Waals surface area contributed by atoms with E-state index in [1.54, 1.807) is 12.1 Å². The summed E-state index contributed by atoms with van der Waals surface area (Å²) in [5, 5.41) is 0.499. The molecular weight excluding hydrogens is 246 g/mol. The zero-order valence-electron chi connectivity index (χ0n) is 9.25. The number of rotatable bonds is 4. The lowest BCUT2D eigenvalue weighted by Crippen LogP contribution is -2.05. The number of carbonyl (C=O) groups is 1. The van der Waals surface area contributed by atoms with E-state index in [9.17, 15) is 4.79 Å². The second-order valence-corrected chi connectivity index (χ2v) is 4.73. The molecule has 0 amide bonds. The quantitative estimate of drug-likeness (QED) is 0.513. The summed E-state index contributed by atoms with van der Waals surface area (Å²) < 4.78 is 4.70. The zero-order chi connectivity index (χ0) is 12.1. The summed E-state index contributed by atoms with van der Waals surface area (Å²) in [4.78, 5) is 12.3. The molecule has 2 N–H and O–H groups in total. The van der Waals surface area contributed by atoms with E-state index in [0.717, 1.165) is 17.1 Å². The highest BCUT2D eigenvalue weighted by Gasteiger charge is 2.16. The summed E-state index contributed by atoms with van der Waals surface area (Å²) in [7, 11) is 1.34. The Labute approximate surface area is 104 Å². The summed E-state index contributed by atoms with van der Waals surface area (Å²) in [6, 6.07) is 3.24. The van der Waals surface area contributed by atoms with Crippen LogP contribution in [0.4, 0.5) is 5.69 Å². The van der Waals surface area contributed by atoms with Gasteiger partial charge in [0.25, 0.3) is 0 Å². The van der Waals surface area contributed by atoms with Gasteiger partial charge in [0.2, 0.25) is 0 Å². The minimum absolute atomic E-state index is 0.409. The molecule has 0 aliphatic carbocycles. The first-order valence-corrected chi connectivity index (χ1v) is 6.26. The van der Waals surface area contributed by atoms with Gasteiger partial charge in [-0.15, -0.1) is 11.8 Å². The van der Waals surface area contributed by atoms with Gasteiger partial charge in [0.1, 0.15) is 0 Å². The summed E-state index contributed by atoms with van der Waals surface area (Å²) in [5.74, 6) is 0.487. The molecule has 1 aromatic carbocycles. The number of halogens is 1. The molecule has 16 heavy (non-hydrogen) atoms. The van der Waals surface area contributed by atoms with Gasteiger partial charge in [-0.05, 0) is 24.3 Å². The molecule has 0 aliphatic rings. The number of anilines is 1. The standard InChI is InChI=1S/C11H14ClNO2S/c1-3-4-16-10-8(11(14)15-2)5-7(13)6-9(10)12/h5-6H,3-4,13H2,1-2H3. The first-order valence-electron chi connectivity index (χ1n) is 4.90. The van der Waals surface area contributed by atoms with Crippen LogP contribution in [0.25, 0.3) is 0 Å². The van der Waals surface area contributed by atoms with Crippen LogP contribution in [0.1, 0.15) is 23.7 Å². The number of nitrogens with two attached hydrogens (primary N) is 1. The maximum absolute atomic E-state index is 11.6. The predicted molar refractivity (Wildman–Crippen MR) is 68.2 cm³/mol. The molecule has 0 saturated heterocycles. The molecule has 0 spiro atoms. The summed E-state index contributed by atoms with van der Waals surface area (Å²) >= 11 is 7.60. The summed E-state index contributed by atoms with van der Waals surface area (Å²) in [5.41, 5.74) is 6.55. The fourth-order valence-electron chi connectivity index (χ4n) is 1.23. The molecule has 0 bridgehead atoms. The minimum Gasteiger partial charge on any atom is -0.465 e. The SMILES string of the molecule is CCCSc1c(Cl)cc(N)cc1C(=O)OC. The van der Waals surface area contributed by atoms with E-state index in [1.165, 1.54) is 18.9 Å². The summed E-state index contributed by atoms with van der Waals surface area (Å²) in [6.45, 7) is 2.07. The van der Waals surface area contributed by atoms with Crippen LogP contribution in [0.5, 0.6) is 0 Å². The number of hydrogen-bond acceptors (Lipinski definition) is 4. The van der Waals surface area contributed by atoms with Crippen molar-refractivity contribution in [1.29, 1.82) is 0 Å². The number of carbonyl (C=O) groups excluding carboxylic acids is 1. The monoisotopic (exact) mass is 259 g/mol. The van der Waals surface area contributed by atoms with Crippen molar-refractivity contribution in [1.82, 2.24) is 0 Å². The molecule has 0 atom stereocenters. The van der Waals surface area contributed by atoms with Crippen molar-refractivity contribution in [2.75, 3.05) is 18.6 Å². The number of methoxy groups -OCH3 is 1. The Kier molecular flexibility index (Phi) is 4.96. The molecule has 0 unspecified atom stereocenters. The lowest BCUT2D eigenvalue weighted by Gasteiger charge is -2.10. The molecule has 88 valence electrons. The Morgan fingerprint density at radius 1 is 1.56 bits per heavy atom. The Hall–Kier alpha value is -0.870. The van der Waals surface area contributed by atoms with E-state index >= 15 is 0 Å². The fraction of sp³-hybridized carbons (Fsp3) is 0.364. The van der Waals surface area contributed by atoms with Gasteiger partial charge >= 0.3 is 5.97 Å². The normalized spacial score (nSPS) is 10.2. The first-order chi connectivity index (χ1) is 7.60. The predicted octanol–water partition coefficient (Wildman–Crippen LogP) is 3.21. The molecule has 0 fully saturated rings. The largest absolute Gasteiger partial charge is 0.465 e. The van der Waals surface area contributed by atoms with Crippen LogP contribution < -0.4 is 5.73 Å². The Balaban J connectivity index is 3.15. The average molecular weight is 260 g/mol. The average Bonchev–Trinajstić information content (AvgIpc) is 2.26. The molecular formula is C11H14ClNO2S. The van der Waals surface area contributed by atoms with E-state index in [2.05, 4.69) is 6.92 Å². The van der Waals surface area contributed by atoms with Crippen molar-refractivity contribution >= 4 is 35.0 Å². The summed E-state index contributed by atoms with van der Waals surface area (Å²) in [6.07, 6.45) is 1.01. The molecule has 0 radical (unpaired) electrons. The molecule has 1 rings (SSSR count). The topological polar surface area (TPSA) is 52.3 Å². The Morgan fingerprint density at radius 3 is 2.81 bits per heavy atom. The van der Waals surface area contributed by atoms with E-state index in [4.69, 9.17) is 22.1 Å². The van der Waals surface area contributed by atoms with Crippen LogP contribution in [0.3, 0.4) is 0 Å². The third-order valence-electron chi connectivity index (χ3n) is 1.92. The number of ether oxygens (including phenoxy) is 1. The van der Waals surface area contributed by atoms with Gasteiger partial charge in [-0.3, -0.25) is 0 Å². The van der Waals surface area contributed by atoms with Crippen LogP contribution in [0.15, 0.2) is 17.0 Å². The maximum Gasteiger partial charge on any atom is 0.339 e. The van der Waals surface area contributed by atoms with Crippen LogP contribution in [-0.2, 0) is 4.74 Å². The highest BCUT2D eigenvalue weighted by atomic mass is 35.5. The number of thioether (sulfide) groups is 1. The third-order valence-corrected chi connectivity index (χ3v) is 3.67. The van der Waals surface area contributed by atoms with Gasteiger partial charge in [-0.25, -0.2) is 4.79 Å². The van der Waals surface area contributed by atoms with Gasteiger partial charge in [0.15, 0.2) is 0 Å². The van der Waals surface area contributed by atoms with Crippen molar-refractivity contribution in [2.45, 2.75) is 18.2 Å². The number of esters is 1. The lowest BCUT2D eigenvalue weighted by molar-refractivity contribution is 0.0597. The smallest absolute Gasteiger partial charge is 0.339 e. The van der Waals surface area contributed by atoms with Gasteiger partial charge < -0.3 is 10.5 Å². The van der Waals surface area contributed by atoms with Crippen molar-refractivity contribution in [3.63, 3.8) is 0 Å². The Bertz CT molecular complexity index is 396. The second kappa shape index (κ2) is 6.01. The molecule has 0 aromatic heterocycles. The van der Waals surface area contributed by atoms with Crippen LogP contribution in [-0.4, -0.2) is 18.8 Å². The van der Waals surface area contributed by atoms with Crippen LogP contribution in [0, 0.1) is 0 Å². The molecule has 0 heterocycles. The number of hydrogen-bond donors (Lipinski definition) is 1. The molecule has 1 aromatic rings. The van der Waals surface area contributed by atoms with Gasteiger partial charge in [-0.1, -0.05) is 18.5 Å². The third kappa shape index (κ3) is 3.06. The maximum atomic E-state index is 11.6. The first kappa shape index (κ1) is 13.2. The van der Waals surface area contributed by atoms with Crippen molar-refractivity contribution < 1.29 is 9.53 Å². The second-order valence-electron chi connectivity index (χ2n) is 3.22. The van der Waals surface area contributed by atoms with Gasteiger partial charge in [0, 0.05) is 10.6 Å². The van der Waals surface area contributed by atoms with Gasteiger partial charge in [0.05, 0.1) is 17.7 Å². The highest BCUT2D eigenvalue weighted by Crippen LogP contribution is 2.33. The lowest BCUT2D eigenvalue weighted by atomic mass is 10.2. The van der Waals surface area contributed by atoms with E-state index in [-0.39, 0.29) is 0 Å². The minimum atomic E-state index is -0.409. The highest BCUT2D eigenvalue weighted by molar-refractivity contribution is 7.99.